The molecule has 0 saturated carbocycles. The van der Waals surface area contributed by atoms with E-state index in [1.165, 1.54) is 0 Å². The Morgan fingerprint density at radius 1 is 1.50 bits per heavy atom. The zero-order chi connectivity index (χ0) is 15.0. The van der Waals surface area contributed by atoms with Gasteiger partial charge in [0.1, 0.15) is 6.04 Å². The molecule has 0 fully saturated rings. The molecule has 20 heavy (non-hydrogen) atoms. The van der Waals surface area contributed by atoms with Crippen molar-refractivity contribution in [2.45, 2.75) is 32.9 Å². The second-order valence-corrected chi connectivity index (χ2v) is 4.95. The van der Waals surface area contributed by atoms with Crippen molar-refractivity contribution in [2.24, 2.45) is 0 Å². The topological polar surface area (TPSA) is 59.4 Å². The van der Waals surface area contributed by atoms with Gasteiger partial charge in [0.15, 0.2) is 0 Å². The minimum absolute atomic E-state index is 0.246. The highest BCUT2D eigenvalue weighted by Gasteiger charge is 2.24. The largest absolute Gasteiger partial charge is 0.465 e. The summed E-state index contributed by atoms with van der Waals surface area (Å²) in [5.41, 5.74) is 0.865. The zero-order valence-electron chi connectivity index (χ0n) is 12.9. The fraction of sp³-hybridized carbons (Fsp3) is 0.714. The number of ether oxygens (including phenoxy) is 1. The number of carbonyl (C=O) groups excluding carboxylic acids is 1. The zero-order valence-corrected chi connectivity index (χ0v) is 12.9. The van der Waals surface area contributed by atoms with Crippen LogP contribution in [0.2, 0.25) is 0 Å². The number of aromatic nitrogens is 2. The number of nitrogens with one attached hydrogen (secondary N) is 1. The molecule has 6 heteroatoms. The van der Waals surface area contributed by atoms with Gasteiger partial charge >= 0.3 is 5.97 Å². The molecular formula is C14H26N4O2. The molecule has 0 bridgehead atoms. The van der Waals surface area contributed by atoms with Gasteiger partial charge in [-0.2, -0.15) is 0 Å². The summed E-state index contributed by atoms with van der Waals surface area (Å²) in [6.45, 7) is 6.72. The van der Waals surface area contributed by atoms with Crippen LogP contribution in [0.25, 0.3) is 0 Å². The Kier molecular flexibility index (Phi) is 7.25. The van der Waals surface area contributed by atoms with Crippen LogP contribution in [-0.4, -0.2) is 54.2 Å². The predicted molar refractivity (Wildman–Crippen MR) is 78.4 cm³/mol. The van der Waals surface area contributed by atoms with Gasteiger partial charge in [-0.25, -0.2) is 9.78 Å². The molecule has 0 aliphatic rings. The van der Waals surface area contributed by atoms with E-state index in [2.05, 4.69) is 22.1 Å². The summed E-state index contributed by atoms with van der Waals surface area (Å²) in [4.78, 5) is 18.4. The third-order valence-electron chi connectivity index (χ3n) is 2.93. The Hall–Kier alpha value is -1.40. The van der Waals surface area contributed by atoms with Gasteiger partial charge in [0.2, 0.25) is 0 Å². The summed E-state index contributed by atoms with van der Waals surface area (Å²) >= 11 is 0. The molecule has 1 aromatic heterocycles. The highest BCUT2D eigenvalue weighted by atomic mass is 16.5. The molecule has 1 heterocycles. The summed E-state index contributed by atoms with van der Waals surface area (Å²) in [5, 5.41) is 3.26. The van der Waals surface area contributed by atoms with Crippen molar-refractivity contribution in [1.29, 1.82) is 0 Å². The van der Waals surface area contributed by atoms with Gasteiger partial charge in [-0.3, -0.25) is 5.32 Å². The van der Waals surface area contributed by atoms with Crippen molar-refractivity contribution < 1.29 is 9.53 Å². The molecule has 0 spiro atoms. The lowest BCUT2D eigenvalue weighted by Crippen LogP contribution is -2.36. The Bertz CT molecular complexity index is 404. The highest BCUT2D eigenvalue weighted by molar-refractivity contribution is 5.77. The molecular weight excluding hydrogens is 256 g/mol. The summed E-state index contributed by atoms with van der Waals surface area (Å²) in [6.07, 6.45) is 4.50. The lowest BCUT2D eigenvalue weighted by molar-refractivity contribution is -0.146. The normalized spacial score (nSPS) is 12.7. The molecule has 0 saturated heterocycles. The van der Waals surface area contributed by atoms with Crippen LogP contribution in [0.5, 0.6) is 0 Å². The average Bonchev–Trinajstić information content (AvgIpc) is 2.83. The maximum Gasteiger partial charge on any atom is 0.329 e. The number of carbonyl (C=O) groups is 1. The van der Waals surface area contributed by atoms with Crippen LogP contribution in [0.3, 0.4) is 0 Å². The van der Waals surface area contributed by atoms with E-state index in [1.54, 1.807) is 12.5 Å². The number of hydrogen-bond donors (Lipinski definition) is 1. The fourth-order valence-electron chi connectivity index (χ4n) is 1.97. The first kappa shape index (κ1) is 16.7. The Morgan fingerprint density at radius 2 is 2.25 bits per heavy atom. The quantitative estimate of drug-likeness (QED) is 0.686. The van der Waals surface area contributed by atoms with Crippen LogP contribution < -0.4 is 5.32 Å². The number of imidazole rings is 1. The van der Waals surface area contributed by atoms with Gasteiger partial charge in [-0.1, -0.05) is 6.92 Å². The lowest BCUT2D eigenvalue weighted by Gasteiger charge is -2.20. The van der Waals surface area contributed by atoms with Gasteiger partial charge in [0.05, 0.1) is 24.8 Å². The minimum Gasteiger partial charge on any atom is -0.465 e. The van der Waals surface area contributed by atoms with Crippen molar-refractivity contribution in [3.63, 3.8) is 0 Å². The lowest BCUT2D eigenvalue weighted by atomic mass is 10.2. The standard InChI is InChI=1S/C14H26N4O2/c1-5-8-18-11-15-10-12(18)13(14(19)20-6-2)16-7-9-17(3)4/h10-11,13,16H,5-9H2,1-4H3. The first-order valence-corrected chi connectivity index (χ1v) is 7.14. The van der Waals surface area contributed by atoms with Crippen molar-refractivity contribution >= 4 is 5.97 Å². The van der Waals surface area contributed by atoms with Gasteiger partial charge in [-0.15, -0.1) is 0 Å². The molecule has 0 radical (unpaired) electrons. The van der Waals surface area contributed by atoms with E-state index in [0.29, 0.717) is 13.2 Å². The first-order valence-electron chi connectivity index (χ1n) is 7.14. The van der Waals surface area contributed by atoms with E-state index in [-0.39, 0.29) is 5.97 Å². The molecule has 6 nitrogen and oxygen atoms in total. The summed E-state index contributed by atoms with van der Waals surface area (Å²) in [7, 11) is 4.00. The third-order valence-corrected chi connectivity index (χ3v) is 2.93. The average molecular weight is 282 g/mol. The molecule has 114 valence electrons. The van der Waals surface area contributed by atoms with Crippen LogP contribution >= 0.6 is 0 Å². The summed E-state index contributed by atoms with van der Waals surface area (Å²) < 4.78 is 7.17. The number of hydrogen-bond acceptors (Lipinski definition) is 5. The molecule has 0 aliphatic carbocycles. The van der Waals surface area contributed by atoms with Crippen molar-refractivity contribution in [2.75, 3.05) is 33.8 Å². The molecule has 1 N–H and O–H groups in total. The minimum atomic E-state index is -0.455. The van der Waals surface area contributed by atoms with Crippen LogP contribution in [0.15, 0.2) is 12.5 Å². The van der Waals surface area contributed by atoms with Gasteiger partial charge in [0, 0.05) is 19.6 Å². The smallest absolute Gasteiger partial charge is 0.329 e. The van der Waals surface area contributed by atoms with Gasteiger partial charge in [-0.05, 0) is 27.4 Å². The van der Waals surface area contributed by atoms with Crippen LogP contribution in [0, 0.1) is 0 Å². The number of aryl methyl sites for hydroxylation is 1. The predicted octanol–water partition coefficient (Wildman–Crippen LogP) is 1.05. The van der Waals surface area contributed by atoms with Gasteiger partial charge in [0.25, 0.3) is 0 Å². The first-order chi connectivity index (χ1) is 9.60. The molecule has 1 unspecified atom stereocenters. The molecule has 0 aliphatic heterocycles. The number of likely N-dealkylation sites (N-methyl/N-ethyl adjacent to an activating group) is 1. The summed E-state index contributed by atoms with van der Waals surface area (Å²) in [5.74, 6) is -0.246. The van der Waals surface area contributed by atoms with Crippen molar-refractivity contribution in [3.8, 4) is 0 Å². The molecule has 1 aromatic rings. The monoisotopic (exact) mass is 282 g/mol. The Morgan fingerprint density at radius 3 is 2.85 bits per heavy atom. The second kappa shape index (κ2) is 8.71. The van der Waals surface area contributed by atoms with Crippen LogP contribution in [0.4, 0.5) is 0 Å². The van der Waals surface area contributed by atoms with E-state index < -0.39 is 6.04 Å². The molecule has 1 rings (SSSR count). The molecule has 0 aromatic carbocycles. The fourth-order valence-corrected chi connectivity index (χ4v) is 1.97. The maximum atomic E-state index is 12.1. The van der Waals surface area contributed by atoms with Crippen LogP contribution in [-0.2, 0) is 16.1 Å². The van der Waals surface area contributed by atoms with Crippen molar-refractivity contribution in [1.82, 2.24) is 19.8 Å². The number of rotatable bonds is 9. The SMILES string of the molecule is CCCn1cncc1C(NCCN(C)C)C(=O)OCC. The molecule has 1 atom stereocenters. The molecule has 0 amide bonds. The third kappa shape index (κ3) is 4.94. The number of esters is 1. The highest BCUT2D eigenvalue weighted by Crippen LogP contribution is 2.15. The van der Waals surface area contributed by atoms with E-state index in [0.717, 1.165) is 25.2 Å². The second-order valence-electron chi connectivity index (χ2n) is 4.95. The Balaban J connectivity index is 2.79. The van der Waals surface area contributed by atoms with E-state index in [1.807, 2.05) is 25.6 Å². The maximum absolute atomic E-state index is 12.1. The van der Waals surface area contributed by atoms with Crippen LogP contribution in [0.1, 0.15) is 32.0 Å². The van der Waals surface area contributed by atoms with Gasteiger partial charge < -0.3 is 14.2 Å². The summed E-state index contributed by atoms with van der Waals surface area (Å²) in [6, 6.07) is -0.455. The number of nitrogens with zero attached hydrogens (tertiary/aromatic N) is 3. The Labute approximate surface area is 121 Å². The van der Waals surface area contributed by atoms with E-state index in [9.17, 15) is 4.79 Å². The van der Waals surface area contributed by atoms with Crippen molar-refractivity contribution in [3.05, 3.63) is 18.2 Å². The van der Waals surface area contributed by atoms with E-state index in [4.69, 9.17) is 4.74 Å². The van der Waals surface area contributed by atoms with E-state index >= 15 is 0 Å².